The largest absolute Gasteiger partial charge is 0.493 e. The maximum atomic E-state index is 12.4. The second-order valence-electron chi connectivity index (χ2n) is 6.97. The molecule has 29 heavy (non-hydrogen) atoms. The van der Waals surface area contributed by atoms with Crippen LogP contribution in [0, 0.1) is 0 Å². The zero-order chi connectivity index (χ0) is 21.6. The number of benzene rings is 2. The van der Waals surface area contributed by atoms with Crippen molar-refractivity contribution in [3.05, 3.63) is 53.6 Å². The first-order valence-electron chi connectivity index (χ1n) is 9.44. The summed E-state index contributed by atoms with van der Waals surface area (Å²) in [5, 5.41) is 0. The summed E-state index contributed by atoms with van der Waals surface area (Å²) >= 11 is 0. The van der Waals surface area contributed by atoms with Crippen molar-refractivity contribution in [2.24, 2.45) is 0 Å². The minimum Gasteiger partial charge on any atom is -0.493 e. The molecule has 0 bridgehead atoms. The standard InChI is InChI=1S/C21H28N2O5S/c1-6-15(4)16-7-10-18(11-8-16)29(25,26)23-22-21(24)17-9-12-19(28-14(2)3)20(13-17)27-5/h7-15,23H,6H2,1-5H3,(H,22,24)/t15-/m1/s1. The molecule has 0 fully saturated rings. The fraction of sp³-hybridized carbons (Fsp3) is 0.381. The van der Waals surface area contributed by atoms with E-state index in [1.165, 1.54) is 31.4 Å². The van der Waals surface area contributed by atoms with Crippen LogP contribution in [0.1, 0.15) is 56.0 Å². The van der Waals surface area contributed by atoms with Gasteiger partial charge in [0.15, 0.2) is 11.5 Å². The predicted molar refractivity (Wildman–Crippen MR) is 112 cm³/mol. The normalized spacial score (nSPS) is 12.5. The van der Waals surface area contributed by atoms with Crippen LogP contribution >= 0.6 is 0 Å². The van der Waals surface area contributed by atoms with Crippen LogP contribution in [-0.2, 0) is 10.0 Å². The van der Waals surface area contributed by atoms with Gasteiger partial charge in [0.1, 0.15) is 0 Å². The van der Waals surface area contributed by atoms with Gasteiger partial charge < -0.3 is 9.47 Å². The summed E-state index contributed by atoms with van der Waals surface area (Å²) in [7, 11) is -2.42. The van der Waals surface area contributed by atoms with Gasteiger partial charge in [-0.25, -0.2) is 8.42 Å². The zero-order valence-electron chi connectivity index (χ0n) is 17.4. The molecule has 158 valence electrons. The quantitative estimate of drug-likeness (QED) is 0.605. The van der Waals surface area contributed by atoms with E-state index in [-0.39, 0.29) is 16.6 Å². The maximum absolute atomic E-state index is 12.4. The van der Waals surface area contributed by atoms with Gasteiger partial charge in [-0.05, 0) is 62.1 Å². The van der Waals surface area contributed by atoms with Crippen molar-refractivity contribution in [3.63, 3.8) is 0 Å². The molecule has 8 heteroatoms. The molecule has 0 aliphatic carbocycles. The Balaban J connectivity index is 2.09. The monoisotopic (exact) mass is 420 g/mol. The molecule has 2 aromatic rings. The van der Waals surface area contributed by atoms with E-state index in [0.717, 1.165) is 12.0 Å². The SMILES string of the molecule is CC[C@@H](C)c1ccc(S(=O)(=O)NNC(=O)c2ccc(OC(C)C)c(OC)c2)cc1. The number of carbonyl (C=O) groups is 1. The number of sulfonamides is 1. The Morgan fingerprint density at radius 3 is 2.24 bits per heavy atom. The molecule has 2 N–H and O–H groups in total. The first-order valence-corrected chi connectivity index (χ1v) is 10.9. The number of amides is 1. The number of carbonyl (C=O) groups excluding carboxylic acids is 1. The lowest BCUT2D eigenvalue weighted by atomic mass is 9.99. The van der Waals surface area contributed by atoms with Gasteiger partial charge in [0.25, 0.3) is 15.9 Å². The Morgan fingerprint density at radius 1 is 1.03 bits per heavy atom. The molecule has 0 unspecified atom stereocenters. The van der Waals surface area contributed by atoms with E-state index in [4.69, 9.17) is 9.47 Å². The number of hydrogen-bond donors (Lipinski definition) is 2. The third-order valence-corrected chi connectivity index (χ3v) is 5.72. The number of rotatable bonds is 9. The van der Waals surface area contributed by atoms with Crippen LogP contribution in [0.25, 0.3) is 0 Å². The highest BCUT2D eigenvalue weighted by molar-refractivity contribution is 7.89. The van der Waals surface area contributed by atoms with Gasteiger partial charge in [0.2, 0.25) is 0 Å². The third-order valence-electron chi connectivity index (χ3n) is 4.46. The van der Waals surface area contributed by atoms with Crippen LogP contribution in [0.5, 0.6) is 11.5 Å². The van der Waals surface area contributed by atoms with Crippen LogP contribution in [0.15, 0.2) is 47.4 Å². The molecule has 0 saturated carbocycles. The second-order valence-corrected chi connectivity index (χ2v) is 8.65. The molecule has 1 atom stereocenters. The van der Waals surface area contributed by atoms with Crippen LogP contribution in [0.4, 0.5) is 0 Å². The van der Waals surface area contributed by atoms with Crippen molar-refractivity contribution < 1.29 is 22.7 Å². The summed E-state index contributed by atoms with van der Waals surface area (Å²) in [6.45, 7) is 7.91. The van der Waals surface area contributed by atoms with E-state index in [9.17, 15) is 13.2 Å². The number of hydrazine groups is 1. The molecule has 0 aliphatic heterocycles. The van der Waals surface area contributed by atoms with Gasteiger partial charge in [0.05, 0.1) is 18.1 Å². The van der Waals surface area contributed by atoms with Crippen LogP contribution in [0.3, 0.4) is 0 Å². The minimum absolute atomic E-state index is 0.0536. The third kappa shape index (κ3) is 5.95. The minimum atomic E-state index is -3.89. The lowest BCUT2D eigenvalue weighted by Crippen LogP contribution is -2.41. The van der Waals surface area contributed by atoms with Crippen molar-refractivity contribution in [2.75, 3.05) is 7.11 Å². The van der Waals surface area contributed by atoms with Crippen molar-refractivity contribution >= 4 is 15.9 Å². The van der Waals surface area contributed by atoms with Crippen molar-refractivity contribution in [2.45, 2.75) is 51.0 Å². The summed E-state index contributed by atoms with van der Waals surface area (Å²) in [6, 6.07) is 11.2. The maximum Gasteiger partial charge on any atom is 0.266 e. The molecule has 0 aromatic heterocycles. The smallest absolute Gasteiger partial charge is 0.266 e. The van der Waals surface area contributed by atoms with E-state index in [1.54, 1.807) is 18.2 Å². The number of nitrogens with one attached hydrogen (secondary N) is 2. The number of ether oxygens (including phenoxy) is 2. The number of hydrogen-bond acceptors (Lipinski definition) is 5. The molecular weight excluding hydrogens is 392 g/mol. The molecule has 2 rings (SSSR count). The highest BCUT2D eigenvalue weighted by atomic mass is 32.2. The molecule has 0 aliphatic rings. The van der Waals surface area contributed by atoms with E-state index < -0.39 is 15.9 Å². The van der Waals surface area contributed by atoms with Crippen molar-refractivity contribution in [3.8, 4) is 11.5 Å². The first-order chi connectivity index (χ1) is 13.7. The Bertz CT molecular complexity index is 940. The Labute approximate surface area is 172 Å². The summed E-state index contributed by atoms with van der Waals surface area (Å²) in [5.41, 5.74) is 3.52. The average Bonchev–Trinajstić information content (AvgIpc) is 2.71. The van der Waals surface area contributed by atoms with Gasteiger partial charge in [0, 0.05) is 5.56 Å². The Hall–Kier alpha value is -2.58. The molecule has 7 nitrogen and oxygen atoms in total. The van der Waals surface area contributed by atoms with Crippen molar-refractivity contribution in [1.29, 1.82) is 0 Å². The lowest BCUT2D eigenvalue weighted by molar-refractivity contribution is 0.0944. The summed E-state index contributed by atoms with van der Waals surface area (Å²) in [6.07, 6.45) is 0.910. The van der Waals surface area contributed by atoms with Crippen LogP contribution < -0.4 is 19.7 Å². The van der Waals surface area contributed by atoms with Crippen LogP contribution in [-0.4, -0.2) is 27.5 Å². The summed E-state index contributed by atoms with van der Waals surface area (Å²) in [4.78, 5) is 14.6. The predicted octanol–water partition coefficient (Wildman–Crippen LogP) is 3.62. The van der Waals surface area contributed by atoms with Crippen molar-refractivity contribution in [1.82, 2.24) is 10.3 Å². The van der Waals surface area contributed by atoms with Gasteiger partial charge in [-0.2, -0.15) is 0 Å². The molecule has 0 saturated heterocycles. The topological polar surface area (TPSA) is 93.7 Å². The van der Waals surface area contributed by atoms with E-state index in [0.29, 0.717) is 17.4 Å². The fourth-order valence-corrected chi connectivity index (χ4v) is 3.46. The van der Waals surface area contributed by atoms with Gasteiger partial charge in [-0.15, -0.1) is 4.83 Å². The Kier molecular flexibility index (Phi) is 7.64. The van der Waals surface area contributed by atoms with E-state index >= 15 is 0 Å². The summed E-state index contributed by atoms with van der Waals surface area (Å²) < 4.78 is 35.8. The molecule has 0 radical (unpaired) electrons. The highest BCUT2D eigenvalue weighted by Crippen LogP contribution is 2.29. The van der Waals surface area contributed by atoms with E-state index in [2.05, 4.69) is 24.1 Å². The number of methoxy groups -OCH3 is 1. The van der Waals surface area contributed by atoms with Crippen LogP contribution in [0.2, 0.25) is 0 Å². The lowest BCUT2D eigenvalue weighted by Gasteiger charge is -2.15. The zero-order valence-corrected chi connectivity index (χ0v) is 18.2. The highest BCUT2D eigenvalue weighted by Gasteiger charge is 2.17. The van der Waals surface area contributed by atoms with E-state index in [1.807, 2.05) is 13.8 Å². The first kappa shape index (κ1) is 22.7. The second kappa shape index (κ2) is 9.76. The molecule has 0 heterocycles. The van der Waals surface area contributed by atoms with Gasteiger partial charge >= 0.3 is 0 Å². The fourth-order valence-electron chi connectivity index (χ4n) is 2.62. The van der Waals surface area contributed by atoms with Gasteiger partial charge in [-0.1, -0.05) is 26.0 Å². The molecule has 0 spiro atoms. The summed E-state index contributed by atoms with van der Waals surface area (Å²) in [5.74, 6) is 0.618. The molecule has 2 aromatic carbocycles. The van der Waals surface area contributed by atoms with Gasteiger partial charge in [-0.3, -0.25) is 10.2 Å². The molecule has 1 amide bonds. The average molecular weight is 421 g/mol. The Morgan fingerprint density at radius 2 is 1.69 bits per heavy atom. The molecular formula is C21H28N2O5S.